The van der Waals surface area contributed by atoms with Crippen LogP contribution in [0.4, 0.5) is 0 Å². The Hall–Kier alpha value is -1.14. The molecule has 0 saturated carbocycles. The summed E-state index contributed by atoms with van der Waals surface area (Å²) in [5, 5.41) is 11.0. The highest BCUT2D eigenvalue weighted by molar-refractivity contribution is 5.70. The molecule has 0 aliphatic heterocycles. The van der Waals surface area contributed by atoms with Gasteiger partial charge in [0, 0.05) is 18.1 Å². The molecular weight excluding hydrogens is 574 g/mol. The number of carbonyl (C=O) groups is 2. The summed E-state index contributed by atoms with van der Waals surface area (Å²) >= 11 is 0. The molecule has 0 heterocycles. The third-order valence-electron chi connectivity index (χ3n) is 9.21. The standard InChI is InChI=1S/C40H79NO5/c1-4-7-9-11-13-15-17-19-21-23-25-27-29-31-33-35-39(43)45-41(37-38(42)6-3)46-40(44)36-34-32-30-28-26-24-22-20-18-16-14-12-10-8-5-2/h38,42H,4-37H2,1-3H3. The number of aliphatic hydroxyl groups is 1. The molecule has 0 saturated heterocycles. The molecule has 1 unspecified atom stereocenters. The van der Waals surface area contributed by atoms with E-state index >= 15 is 0 Å². The molecule has 1 atom stereocenters. The van der Waals surface area contributed by atoms with Gasteiger partial charge >= 0.3 is 11.9 Å². The molecule has 274 valence electrons. The number of unbranched alkanes of at least 4 members (excludes halogenated alkanes) is 28. The van der Waals surface area contributed by atoms with Crippen molar-refractivity contribution in [1.29, 1.82) is 0 Å². The van der Waals surface area contributed by atoms with Crippen LogP contribution in [0.3, 0.4) is 0 Å². The first-order valence-electron chi connectivity index (χ1n) is 20.4. The summed E-state index contributed by atoms with van der Waals surface area (Å²) in [7, 11) is 0. The first-order chi connectivity index (χ1) is 22.5. The number of hydroxylamine groups is 2. The summed E-state index contributed by atoms with van der Waals surface area (Å²) in [5.41, 5.74) is 0. The maximum atomic E-state index is 12.4. The number of hydrogen-bond donors (Lipinski definition) is 1. The van der Waals surface area contributed by atoms with Crippen molar-refractivity contribution in [2.75, 3.05) is 6.54 Å². The Balaban J connectivity index is 3.81. The molecule has 0 radical (unpaired) electrons. The summed E-state index contributed by atoms with van der Waals surface area (Å²) in [6.45, 7) is 6.36. The summed E-state index contributed by atoms with van der Waals surface area (Å²) in [4.78, 5) is 35.5. The summed E-state index contributed by atoms with van der Waals surface area (Å²) in [5.74, 6) is -0.810. The van der Waals surface area contributed by atoms with Gasteiger partial charge in [0.2, 0.25) is 0 Å². The Bertz CT molecular complexity index is 595. The second kappa shape index (κ2) is 36.7. The quantitative estimate of drug-likeness (QED) is 0.0531. The second-order valence-electron chi connectivity index (χ2n) is 13.9. The molecule has 0 amide bonds. The second-order valence-corrected chi connectivity index (χ2v) is 13.9. The van der Waals surface area contributed by atoms with E-state index in [-0.39, 0.29) is 6.54 Å². The van der Waals surface area contributed by atoms with Crippen molar-refractivity contribution in [3.8, 4) is 0 Å². The van der Waals surface area contributed by atoms with E-state index in [4.69, 9.17) is 9.68 Å². The monoisotopic (exact) mass is 654 g/mol. The van der Waals surface area contributed by atoms with Crippen molar-refractivity contribution < 1.29 is 24.4 Å². The zero-order valence-corrected chi connectivity index (χ0v) is 31.1. The fourth-order valence-electron chi connectivity index (χ4n) is 5.99. The van der Waals surface area contributed by atoms with E-state index in [0.29, 0.717) is 19.3 Å². The van der Waals surface area contributed by atoms with Crippen LogP contribution in [0.15, 0.2) is 0 Å². The van der Waals surface area contributed by atoms with Gasteiger partial charge in [-0.05, 0) is 19.3 Å². The van der Waals surface area contributed by atoms with Crippen LogP contribution in [-0.4, -0.2) is 34.9 Å². The number of rotatable bonds is 37. The first kappa shape index (κ1) is 44.9. The Labute approximate surface area is 286 Å². The largest absolute Gasteiger partial charge is 0.392 e. The molecule has 0 bridgehead atoms. The molecule has 0 rings (SSSR count). The lowest BCUT2D eigenvalue weighted by Gasteiger charge is -2.21. The van der Waals surface area contributed by atoms with E-state index in [9.17, 15) is 14.7 Å². The lowest BCUT2D eigenvalue weighted by Crippen LogP contribution is -2.36. The van der Waals surface area contributed by atoms with Gasteiger partial charge in [0.15, 0.2) is 0 Å². The summed E-state index contributed by atoms with van der Waals surface area (Å²) in [6, 6.07) is 0. The molecule has 1 N–H and O–H groups in total. The van der Waals surface area contributed by atoms with Crippen LogP contribution < -0.4 is 0 Å². The van der Waals surface area contributed by atoms with Crippen molar-refractivity contribution in [3.05, 3.63) is 0 Å². The van der Waals surface area contributed by atoms with E-state index in [2.05, 4.69) is 13.8 Å². The fourth-order valence-corrected chi connectivity index (χ4v) is 5.99. The summed E-state index contributed by atoms with van der Waals surface area (Å²) < 4.78 is 0. The van der Waals surface area contributed by atoms with Crippen molar-refractivity contribution in [1.82, 2.24) is 5.23 Å². The topological polar surface area (TPSA) is 76.1 Å². The molecular formula is C40H79NO5. The van der Waals surface area contributed by atoms with Crippen molar-refractivity contribution in [2.45, 2.75) is 239 Å². The molecule has 0 fully saturated rings. The number of aliphatic hydroxyl groups excluding tert-OH is 1. The third kappa shape index (κ3) is 34.2. The van der Waals surface area contributed by atoms with Crippen LogP contribution in [-0.2, 0) is 19.3 Å². The number of nitrogens with zero attached hydrogens (tertiary/aromatic N) is 1. The highest BCUT2D eigenvalue weighted by Gasteiger charge is 2.20. The lowest BCUT2D eigenvalue weighted by atomic mass is 10.0. The Kier molecular flexibility index (Phi) is 35.8. The van der Waals surface area contributed by atoms with Crippen LogP contribution >= 0.6 is 0 Å². The number of hydrogen-bond acceptors (Lipinski definition) is 6. The highest BCUT2D eigenvalue weighted by Crippen LogP contribution is 2.16. The fraction of sp³-hybridized carbons (Fsp3) is 0.950. The van der Waals surface area contributed by atoms with Gasteiger partial charge < -0.3 is 14.8 Å². The smallest absolute Gasteiger partial charge is 0.329 e. The SMILES string of the molecule is CCCCCCCCCCCCCCCCCC(=O)ON(CC(O)CC)OC(=O)CCCCCCCCCCCCCCCCC. The van der Waals surface area contributed by atoms with Gasteiger partial charge in [0.05, 0.1) is 6.10 Å². The minimum absolute atomic E-state index is 0.0221. The Morgan fingerprint density at radius 1 is 0.435 bits per heavy atom. The molecule has 0 spiro atoms. The van der Waals surface area contributed by atoms with Gasteiger partial charge in [-0.1, -0.05) is 201 Å². The predicted molar refractivity (Wildman–Crippen MR) is 194 cm³/mol. The molecule has 46 heavy (non-hydrogen) atoms. The summed E-state index contributed by atoms with van der Waals surface area (Å²) in [6.07, 6.45) is 38.7. The Morgan fingerprint density at radius 2 is 0.674 bits per heavy atom. The molecule has 6 heteroatoms. The zero-order chi connectivity index (χ0) is 33.8. The predicted octanol–water partition coefficient (Wildman–Crippen LogP) is 12.5. The van der Waals surface area contributed by atoms with Gasteiger partial charge in [0.1, 0.15) is 6.54 Å². The minimum atomic E-state index is -0.725. The van der Waals surface area contributed by atoms with E-state index in [0.717, 1.165) is 43.8 Å². The first-order valence-corrected chi connectivity index (χ1v) is 20.4. The maximum Gasteiger partial charge on any atom is 0.329 e. The van der Waals surface area contributed by atoms with Crippen LogP contribution in [0.1, 0.15) is 233 Å². The molecule has 6 nitrogen and oxygen atoms in total. The highest BCUT2D eigenvalue weighted by atomic mass is 17.0. The Morgan fingerprint density at radius 3 is 0.913 bits per heavy atom. The third-order valence-corrected chi connectivity index (χ3v) is 9.21. The van der Waals surface area contributed by atoms with Gasteiger partial charge in [-0.15, -0.1) is 0 Å². The van der Waals surface area contributed by atoms with Crippen molar-refractivity contribution in [2.24, 2.45) is 0 Å². The molecule has 0 aromatic carbocycles. The van der Waals surface area contributed by atoms with Crippen molar-refractivity contribution in [3.63, 3.8) is 0 Å². The van der Waals surface area contributed by atoms with Gasteiger partial charge in [-0.3, -0.25) is 9.59 Å². The van der Waals surface area contributed by atoms with Crippen LogP contribution in [0.25, 0.3) is 0 Å². The number of carbonyl (C=O) groups excluding carboxylic acids is 2. The van der Waals surface area contributed by atoms with E-state index in [1.165, 1.54) is 154 Å². The molecule has 0 aromatic rings. The molecule has 0 aliphatic rings. The molecule has 0 aromatic heterocycles. The normalized spacial score (nSPS) is 12.1. The van der Waals surface area contributed by atoms with Gasteiger partial charge in [-0.2, -0.15) is 0 Å². The zero-order valence-electron chi connectivity index (χ0n) is 31.1. The van der Waals surface area contributed by atoms with E-state index < -0.39 is 18.0 Å². The van der Waals surface area contributed by atoms with Gasteiger partial charge in [0.25, 0.3) is 0 Å². The van der Waals surface area contributed by atoms with Gasteiger partial charge in [-0.25, -0.2) is 0 Å². The van der Waals surface area contributed by atoms with E-state index in [1.807, 2.05) is 6.92 Å². The molecule has 0 aliphatic carbocycles. The van der Waals surface area contributed by atoms with Crippen LogP contribution in [0.2, 0.25) is 0 Å². The lowest BCUT2D eigenvalue weighted by molar-refractivity contribution is -0.331. The minimum Gasteiger partial charge on any atom is -0.392 e. The van der Waals surface area contributed by atoms with Crippen molar-refractivity contribution >= 4 is 11.9 Å². The maximum absolute atomic E-state index is 12.4. The van der Waals surface area contributed by atoms with Crippen LogP contribution in [0, 0.1) is 0 Å². The average molecular weight is 654 g/mol. The average Bonchev–Trinajstić information content (AvgIpc) is 3.04. The van der Waals surface area contributed by atoms with E-state index in [1.54, 1.807) is 0 Å². The van der Waals surface area contributed by atoms with Crippen LogP contribution in [0.5, 0.6) is 0 Å².